The van der Waals surface area contributed by atoms with Gasteiger partial charge in [0.15, 0.2) is 0 Å². The molecule has 0 aromatic rings. The largest absolute Gasteiger partial charge is 0.123 e. The van der Waals surface area contributed by atoms with Crippen molar-refractivity contribution in [1.29, 1.82) is 0 Å². The first-order valence-electron chi connectivity index (χ1n) is 5.41. The fraction of sp³-hybridized carbons (Fsp3) is 1.00. The normalized spacial score (nSPS) is 48.5. The van der Waals surface area contributed by atoms with Gasteiger partial charge in [-0.25, -0.2) is 0 Å². The van der Waals surface area contributed by atoms with E-state index in [1.807, 2.05) is 0 Å². The van der Waals surface area contributed by atoms with E-state index in [4.69, 9.17) is 11.6 Å². The van der Waals surface area contributed by atoms with E-state index in [9.17, 15) is 0 Å². The first-order chi connectivity index (χ1) is 5.77. The van der Waals surface area contributed by atoms with Gasteiger partial charge in [0.1, 0.15) is 0 Å². The topological polar surface area (TPSA) is 0 Å². The molecule has 0 amide bonds. The predicted molar refractivity (Wildman–Crippen MR) is 53.5 cm³/mol. The second-order valence-electron chi connectivity index (χ2n) is 4.80. The van der Waals surface area contributed by atoms with Gasteiger partial charge in [-0.05, 0) is 37.0 Å². The van der Waals surface area contributed by atoms with E-state index >= 15 is 0 Å². The molecule has 3 unspecified atom stereocenters. The smallest absolute Gasteiger partial charge is 0.0369 e. The summed E-state index contributed by atoms with van der Waals surface area (Å²) in [6.07, 6.45) is 8.47. The number of fused-ring (bicyclic) bond motifs is 1. The lowest BCUT2D eigenvalue weighted by Gasteiger charge is -2.41. The summed E-state index contributed by atoms with van der Waals surface area (Å²) in [6.45, 7) is 2.36. The van der Waals surface area contributed by atoms with Gasteiger partial charge in [-0.15, -0.1) is 11.6 Å². The summed E-state index contributed by atoms with van der Waals surface area (Å²) in [5.41, 5.74) is 0. The Labute approximate surface area is 80.7 Å². The molecule has 2 fully saturated rings. The van der Waals surface area contributed by atoms with Crippen LogP contribution in [0, 0.1) is 17.8 Å². The lowest BCUT2D eigenvalue weighted by molar-refractivity contribution is 0.141. The van der Waals surface area contributed by atoms with Gasteiger partial charge in [0, 0.05) is 5.38 Å². The highest BCUT2D eigenvalue weighted by Gasteiger charge is 2.36. The van der Waals surface area contributed by atoms with Gasteiger partial charge in [-0.2, -0.15) is 0 Å². The number of alkyl halides is 1. The van der Waals surface area contributed by atoms with Crippen LogP contribution in [0.25, 0.3) is 0 Å². The van der Waals surface area contributed by atoms with Crippen molar-refractivity contribution in [3.63, 3.8) is 0 Å². The number of hydrogen-bond acceptors (Lipinski definition) is 0. The molecule has 0 aliphatic heterocycles. The highest BCUT2D eigenvalue weighted by atomic mass is 35.5. The fourth-order valence-corrected chi connectivity index (χ4v) is 3.81. The minimum absolute atomic E-state index is 0.499. The molecule has 0 aromatic heterocycles. The highest BCUT2D eigenvalue weighted by Crippen LogP contribution is 2.44. The minimum Gasteiger partial charge on any atom is -0.123 e. The van der Waals surface area contributed by atoms with Crippen LogP contribution in [0.4, 0.5) is 0 Å². The third kappa shape index (κ3) is 1.64. The lowest BCUT2D eigenvalue weighted by atomic mass is 9.68. The summed E-state index contributed by atoms with van der Waals surface area (Å²) in [5, 5.41) is 0.499. The Kier molecular flexibility index (Phi) is 2.64. The molecular formula is C11H19Cl. The number of rotatable bonds is 0. The number of hydrogen-bond donors (Lipinski definition) is 0. The molecule has 0 saturated heterocycles. The lowest BCUT2D eigenvalue weighted by Crippen LogP contribution is -2.34. The Bertz CT molecular complexity index is 155. The quantitative estimate of drug-likeness (QED) is 0.505. The molecule has 0 heterocycles. The van der Waals surface area contributed by atoms with Crippen LogP contribution < -0.4 is 0 Å². The molecule has 0 N–H and O–H groups in total. The van der Waals surface area contributed by atoms with Crippen molar-refractivity contribution in [2.45, 2.75) is 50.8 Å². The molecule has 2 rings (SSSR count). The Morgan fingerprint density at radius 1 is 1.08 bits per heavy atom. The first-order valence-corrected chi connectivity index (χ1v) is 5.85. The van der Waals surface area contributed by atoms with Crippen molar-refractivity contribution in [1.82, 2.24) is 0 Å². The van der Waals surface area contributed by atoms with Crippen molar-refractivity contribution in [3.05, 3.63) is 0 Å². The molecule has 0 spiro atoms. The average Bonchev–Trinajstić information content (AvgIpc) is 2.04. The monoisotopic (exact) mass is 186 g/mol. The van der Waals surface area contributed by atoms with E-state index in [1.165, 1.54) is 38.5 Å². The molecule has 2 saturated carbocycles. The predicted octanol–water partition coefficient (Wildman–Crippen LogP) is 3.83. The first kappa shape index (κ1) is 8.87. The van der Waals surface area contributed by atoms with Crippen molar-refractivity contribution in [2.24, 2.45) is 17.8 Å². The minimum atomic E-state index is 0.499. The summed E-state index contributed by atoms with van der Waals surface area (Å²) >= 11 is 6.39. The Morgan fingerprint density at radius 2 is 1.83 bits per heavy atom. The summed E-state index contributed by atoms with van der Waals surface area (Å²) in [5.74, 6) is 2.73. The van der Waals surface area contributed by atoms with Gasteiger partial charge in [0.25, 0.3) is 0 Å². The van der Waals surface area contributed by atoms with Crippen LogP contribution in [-0.2, 0) is 0 Å². The van der Waals surface area contributed by atoms with E-state index in [-0.39, 0.29) is 0 Å². The van der Waals surface area contributed by atoms with Crippen LogP contribution in [0.3, 0.4) is 0 Å². The third-order valence-electron chi connectivity index (χ3n) is 3.77. The van der Waals surface area contributed by atoms with Crippen LogP contribution in [0.1, 0.15) is 45.4 Å². The standard InChI is InChI=1S/C11H19Cl/c1-8-6-9-4-2-3-5-10(9)11(12)7-8/h8-11H,2-7H2,1H3/t8?,9?,10?,11-/m1/s1. The van der Waals surface area contributed by atoms with Crippen molar-refractivity contribution in [3.8, 4) is 0 Å². The van der Waals surface area contributed by atoms with Crippen molar-refractivity contribution < 1.29 is 0 Å². The molecule has 0 nitrogen and oxygen atoms in total. The summed E-state index contributed by atoms with van der Waals surface area (Å²) in [4.78, 5) is 0. The molecule has 70 valence electrons. The maximum absolute atomic E-state index is 6.39. The molecule has 0 bridgehead atoms. The van der Waals surface area contributed by atoms with Gasteiger partial charge < -0.3 is 0 Å². The zero-order valence-corrected chi connectivity index (χ0v) is 8.69. The zero-order chi connectivity index (χ0) is 8.55. The van der Waals surface area contributed by atoms with Crippen molar-refractivity contribution in [2.75, 3.05) is 0 Å². The fourth-order valence-electron chi connectivity index (χ4n) is 3.18. The van der Waals surface area contributed by atoms with Gasteiger partial charge in [-0.3, -0.25) is 0 Å². The second-order valence-corrected chi connectivity index (χ2v) is 5.36. The van der Waals surface area contributed by atoms with Crippen LogP contribution in [0.2, 0.25) is 0 Å². The average molecular weight is 187 g/mol. The van der Waals surface area contributed by atoms with E-state index < -0.39 is 0 Å². The van der Waals surface area contributed by atoms with Crippen LogP contribution in [0.5, 0.6) is 0 Å². The van der Waals surface area contributed by atoms with Gasteiger partial charge in [-0.1, -0.05) is 26.2 Å². The molecule has 12 heavy (non-hydrogen) atoms. The molecule has 2 aliphatic rings. The summed E-state index contributed by atoms with van der Waals surface area (Å²) in [7, 11) is 0. The molecule has 2 aliphatic carbocycles. The van der Waals surface area contributed by atoms with Gasteiger partial charge in [0.05, 0.1) is 0 Å². The Morgan fingerprint density at radius 3 is 2.67 bits per heavy atom. The molecule has 0 radical (unpaired) electrons. The number of halogens is 1. The maximum atomic E-state index is 6.39. The van der Waals surface area contributed by atoms with E-state index in [1.54, 1.807) is 0 Å². The molecule has 0 aromatic carbocycles. The van der Waals surface area contributed by atoms with E-state index in [0.29, 0.717) is 5.38 Å². The van der Waals surface area contributed by atoms with Crippen LogP contribution >= 0.6 is 11.6 Å². The SMILES string of the molecule is CC1CC2CCCCC2[C@H](Cl)C1. The Hall–Kier alpha value is 0.290. The Balaban J connectivity index is 2.01. The highest BCUT2D eigenvalue weighted by molar-refractivity contribution is 6.20. The van der Waals surface area contributed by atoms with E-state index in [0.717, 1.165) is 17.8 Å². The molecule has 1 heteroatoms. The maximum Gasteiger partial charge on any atom is 0.0369 e. The molecular weight excluding hydrogens is 168 g/mol. The van der Waals surface area contributed by atoms with Crippen LogP contribution in [0.15, 0.2) is 0 Å². The zero-order valence-electron chi connectivity index (χ0n) is 7.93. The van der Waals surface area contributed by atoms with Crippen molar-refractivity contribution >= 4 is 11.6 Å². The van der Waals surface area contributed by atoms with Gasteiger partial charge >= 0.3 is 0 Å². The third-order valence-corrected chi connectivity index (χ3v) is 4.27. The van der Waals surface area contributed by atoms with Gasteiger partial charge in [0.2, 0.25) is 0 Å². The van der Waals surface area contributed by atoms with Crippen LogP contribution in [-0.4, -0.2) is 5.38 Å². The second kappa shape index (κ2) is 3.57. The summed E-state index contributed by atoms with van der Waals surface area (Å²) < 4.78 is 0. The summed E-state index contributed by atoms with van der Waals surface area (Å²) in [6, 6.07) is 0. The molecule has 4 atom stereocenters. The van der Waals surface area contributed by atoms with E-state index in [2.05, 4.69) is 6.92 Å².